The number of carbonyl (C=O) groups is 2. The summed E-state index contributed by atoms with van der Waals surface area (Å²) in [6.07, 6.45) is -1.39. The lowest BCUT2D eigenvalue weighted by Crippen LogP contribution is -2.47. The number of nitrogens with one attached hydrogen (secondary N) is 1. The Morgan fingerprint density at radius 1 is 1.20 bits per heavy atom. The highest BCUT2D eigenvalue weighted by molar-refractivity contribution is 7.89. The van der Waals surface area contributed by atoms with E-state index in [9.17, 15) is 23.1 Å². The molecule has 2 atom stereocenters. The number of aliphatic hydroxyl groups is 1. The summed E-state index contributed by atoms with van der Waals surface area (Å²) in [7, 11) is -4.09. The number of Topliss-reactive ketones (excluding diaryl/α,β-unsaturated/α-hetero) is 1. The maximum Gasteiger partial charge on any atom is 0.324 e. The average Bonchev–Trinajstić information content (AvgIpc) is 2.35. The van der Waals surface area contributed by atoms with Gasteiger partial charge in [-0.15, -0.1) is 0 Å². The van der Waals surface area contributed by atoms with Crippen LogP contribution in [0, 0.1) is 0 Å². The van der Waals surface area contributed by atoms with Crippen LogP contribution in [0.5, 0.6) is 0 Å². The molecule has 0 radical (unpaired) electrons. The number of ketones is 1. The number of carboxylic acid groups (broad SMARTS) is 1. The first-order valence-electron chi connectivity index (χ1n) is 5.69. The number of sulfonamides is 1. The summed E-state index contributed by atoms with van der Waals surface area (Å²) in [4.78, 5) is 21.8. The second-order valence-corrected chi connectivity index (χ2v) is 5.97. The largest absolute Gasteiger partial charge is 0.480 e. The van der Waals surface area contributed by atoms with E-state index in [4.69, 9.17) is 5.11 Å². The number of hydrogen-bond acceptors (Lipinski definition) is 5. The van der Waals surface area contributed by atoms with Gasteiger partial charge in [0, 0.05) is 5.56 Å². The first kappa shape index (κ1) is 16.3. The van der Waals surface area contributed by atoms with Gasteiger partial charge >= 0.3 is 5.97 Å². The maximum absolute atomic E-state index is 12.0. The highest BCUT2D eigenvalue weighted by Crippen LogP contribution is 2.12. The van der Waals surface area contributed by atoms with Crippen LogP contribution in [0.1, 0.15) is 24.2 Å². The van der Waals surface area contributed by atoms with Gasteiger partial charge in [0.25, 0.3) is 0 Å². The Kier molecular flexibility index (Phi) is 4.98. The van der Waals surface area contributed by atoms with Crippen molar-refractivity contribution in [1.82, 2.24) is 4.72 Å². The number of aliphatic hydroxyl groups excluding tert-OH is 1. The highest BCUT2D eigenvalue weighted by atomic mass is 32.2. The predicted molar refractivity (Wildman–Crippen MR) is 69.9 cm³/mol. The van der Waals surface area contributed by atoms with Gasteiger partial charge in [-0.3, -0.25) is 9.59 Å². The molecule has 0 bridgehead atoms. The highest BCUT2D eigenvalue weighted by Gasteiger charge is 2.29. The summed E-state index contributed by atoms with van der Waals surface area (Å²) in [5.41, 5.74) is 0.342. The zero-order chi connectivity index (χ0) is 15.5. The van der Waals surface area contributed by atoms with Gasteiger partial charge in [-0.2, -0.15) is 4.72 Å². The van der Waals surface area contributed by atoms with Crippen LogP contribution in [-0.2, 0) is 14.8 Å². The maximum atomic E-state index is 12.0. The monoisotopic (exact) mass is 301 g/mol. The SMILES string of the molecule is CC(=O)c1ccc(S(=O)(=O)N[C@H](C(=O)O)[C@@H](C)O)cc1. The molecular formula is C12H15NO6S. The molecule has 0 saturated carbocycles. The van der Waals surface area contributed by atoms with Crippen LogP contribution >= 0.6 is 0 Å². The van der Waals surface area contributed by atoms with Crippen LogP contribution in [0.3, 0.4) is 0 Å². The minimum Gasteiger partial charge on any atom is -0.480 e. The fourth-order valence-corrected chi connectivity index (χ4v) is 2.72. The van der Waals surface area contributed by atoms with E-state index in [0.29, 0.717) is 5.56 Å². The van der Waals surface area contributed by atoms with E-state index in [-0.39, 0.29) is 10.7 Å². The molecule has 0 aliphatic carbocycles. The number of hydrogen-bond donors (Lipinski definition) is 3. The van der Waals surface area contributed by atoms with E-state index >= 15 is 0 Å². The summed E-state index contributed by atoms with van der Waals surface area (Å²) < 4.78 is 25.8. The number of carbonyl (C=O) groups excluding carboxylic acids is 1. The Balaban J connectivity index is 3.04. The topological polar surface area (TPSA) is 121 Å². The number of carboxylic acids is 1. The molecule has 0 saturated heterocycles. The van der Waals surface area contributed by atoms with Crippen LogP contribution in [-0.4, -0.2) is 42.5 Å². The smallest absolute Gasteiger partial charge is 0.324 e. The molecule has 0 heterocycles. The Morgan fingerprint density at radius 3 is 2.05 bits per heavy atom. The number of rotatable bonds is 6. The third kappa shape index (κ3) is 3.86. The van der Waals surface area contributed by atoms with Crippen LogP contribution in [0.15, 0.2) is 29.2 Å². The van der Waals surface area contributed by atoms with Gasteiger partial charge < -0.3 is 10.2 Å². The third-order valence-electron chi connectivity index (χ3n) is 2.60. The van der Waals surface area contributed by atoms with Crippen molar-refractivity contribution in [3.05, 3.63) is 29.8 Å². The zero-order valence-corrected chi connectivity index (χ0v) is 11.7. The minimum absolute atomic E-state index is 0.186. The Labute approximate surface area is 116 Å². The first-order chi connectivity index (χ1) is 9.15. The Bertz CT molecular complexity index is 605. The molecule has 7 nitrogen and oxygen atoms in total. The molecule has 0 aromatic heterocycles. The molecule has 0 fully saturated rings. The summed E-state index contributed by atoms with van der Waals surface area (Å²) in [5.74, 6) is -1.70. The molecule has 1 aromatic rings. The third-order valence-corrected chi connectivity index (χ3v) is 4.06. The lowest BCUT2D eigenvalue weighted by Gasteiger charge is -2.17. The second kappa shape index (κ2) is 6.12. The van der Waals surface area contributed by atoms with Crippen LogP contribution in [0.4, 0.5) is 0 Å². The van der Waals surface area contributed by atoms with Gasteiger partial charge in [0.2, 0.25) is 10.0 Å². The fourth-order valence-electron chi connectivity index (χ4n) is 1.46. The van der Waals surface area contributed by atoms with Crippen molar-refractivity contribution in [2.75, 3.05) is 0 Å². The van der Waals surface area contributed by atoms with E-state index in [1.807, 2.05) is 4.72 Å². The summed E-state index contributed by atoms with van der Waals surface area (Å²) in [6.45, 7) is 2.51. The quantitative estimate of drug-likeness (QED) is 0.636. The average molecular weight is 301 g/mol. The van der Waals surface area contributed by atoms with Crippen molar-refractivity contribution in [2.45, 2.75) is 30.9 Å². The number of aliphatic carboxylic acids is 1. The predicted octanol–water partition coefficient (Wildman–Crippen LogP) is 0.00150. The van der Waals surface area contributed by atoms with Crippen LogP contribution < -0.4 is 4.72 Å². The van der Waals surface area contributed by atoms with E-state index < -0.39 is 28.1 Å². The lowest BCUT2D eigenvalue weighted by atomic mass is 10.2. The molecule has 0 aliphatic rings. The molecule has 1 rings (SSSR count). The van der Waals surface area contributed by atoms with Crippen LogP contribution in [0.2, 0.25) is 0 Å². The number of benzene rings is 1. The second-order valence-electron chi connectivity index (χ2n) is 4.26. The van der Waals surface area contributed by atoms with Crippen molar-refractivity contribution in [3.63, 3.8) is 0 Å². The molecule has 20 heavy (non-hydrogen) atoms. The summed E-state index contributed by atoms with van der Waals surface area (Å²) >= 11 is 0. The van der Waals surface area contributed by atoms with Crippen molar-refractivity contribution in [2.24, 2.45) is 0 Å². The summed E-state index contributed by atoms with van der Waals surface area (Å²) in [6, 6.07) is 3.40. The van der Waals surface area contributed by atoms with E-state index in [1.165, 1.54) is 38.1 Å². The van der Waals surface area contributed by atoms with E-state index in [2.05, 4.69) is 0 Å². The normalized spacial score (nSPS) is 14.6. The van der Waals surface area contributed by atoms with Gasteiger partial charge in [0.1, 0.15) is 6.04 Å². The molecular weight excluding hydrogens is 286 g/mol. The van der Waals surface area contributed by atoms with E-state index in [1.54, 1.807) is 0 Å². The Hall–Kier alpha value is -1.77. The lowest BCUT2D eigenvalue weighted by molar-refractivity contribution is -0.141. The van der Waals surface area contributed by atoms with Gasteiger partial charge in [-0.1, -0.05) is 12.1 Å². The standard InChI is InChI=1S/C12H15NO6S/c1-7(14)9-3-5-10(6-4-9)20(18,19)13-11(8(2)15)12(16)17/h3-6,8,11,13,15H,1-2H3,(H,16,17)/t8-,11+/m1/s1. The molecule has 0 spiro atoms. The van der Waals surface area contributed by atoms with Crippen molar-refractivity contribution >= 4 is 21.8 Å². The fraction of sp³-hybridized carbons (Fsp3) is 0.333. The Morgan fingerprint density at radius 2 is 1.70 bits per heavy atom. The molecule has 0 amide bonds. The molecule has 3 N–H and O–H groups in total. The molecule has 0 unspecified atom stereocenters. The van der Waals surface area contributed by atoms with Crippen molar-refractivity contribution < 1.29 is 28.2 Å². The van der Waals surface area contributed by atoms with Gasteiger partial charge in [0.05, 0.1) is 11.0 Å². The van der Waals surface area contributed by atoms with E-state index in [0.717, 1.165) is 0 Å². The minimum atomic E-state index is -4.09. The molecule has 8 heteroatoms. The van der Waals surface area contributed by atoms with Gasteiger partial charge in [0.15, 0.2) is 5.78 Å². The van der Waals surface area contributed by atoms with Gasteiger partial charge in [-0.05, 0) is 26.0 Å². The van der Waals surface area contributed by atoms with Crippen molar-refractivity contribution in [1.29, 1.82) is 0 Å². The molecule has 0 aliphatic heterocycles. The van der Waals surface area contributed by atoms with Crippen LogP contribution in [0.25, 0.3) is 0 Å². The van der Waals surface area contributed by atoms with Crippen molar-refractivity contribution in [3.8, 4) is 0 Å². The summed E-state index contributed by atoms with van der Waals surface area (Å²) in [5, 5.41) is 18.1. The first-order valence-corrected chi connectivity index (χ1v) is 7.17. The zero-order valence-electron chi connectivity index (χ0n) is 10.9. The van der Waals surface area contributed by atoms with Gasteiger partial charge in [-0.25, -0.2) is 8.42 Å². The molecule has 1 aromatic carbocycles. The molecule has 110 valence electrons.